The van der Waals surface area contributed by atoms with E-state index < -0.39 is 0 Å². The standard InChI is InChI=1S/C18H17N3/c1-18(2,3)16-12-8-4-5-9-13(12)17-19-14-10-6-7-11-15(14)21(17)20-16/h4-11H,1-3H3. The lowest BCUT2D eigenvalue weighted by atomic mass is 9.89. The van der Waals surface area contributed by atoms with Crippen LogP contribution in [0.2, 0.25) is 0 Å². The second-order valence-electron chi connectivity index (χ2n) is 6.48. The Morgan fingerprint density at radius 2 is 1.52 bits per heavy atom. The van der Waals surface area contributed by atoms with Crippen molar-refractivity contribution < 1.29 is 0 Å². The molecular formula is C18H17N3. The average Bonchev–Trinajstić information content (AvgIpc) is 2.84. The van der Waals surface area contributed by atoms with Crippen LogP contribution in [0, 0.1) is 0 Å². The van der Waals surface area contributed by atoms with Gasteiger partial charge in [-0.25, -0.2) is 9.50 Å². The number of para-hydroxylation sites is 2. The van der Waals surface area contributed by atoms with Crippen molar-refractivity contribution in [3.63, 3.8) is 0 Å². The fourth-order valence-corrected chi connectivity index (χ4v) is 2.88. The quantitative estimate of drug-likeness (QED) is 0.478. The van der Waals surface area contributed by atoms with Crippen LogP contribution in [-0.2, 0) is 5.41 Å². The molecule has 3 heteroatoms. The van der Waals surface area contributed by atoms with Gasteiger partial charge in [-0.05, 0) is 12.1 Å². The Kier molecular flexibility index (Phi) is 2.37. The second kappa shape index (κ2) is 4.04. The third kappa shape index (κ3) is 1.74. The number of hydrogen-bond acceptors (Lipinski definition) is 2. The van der Waals surface area contributed by atoms with Gasteiger partial charge in [0.15, 0.2) is 5.65 Å². The first kappa shape index (κ1) is 12.3. The van der Waals surface area contributed by atoms with Crippen LogP contribution < -0.4 is 0 Å². The lowest BCUT2D eigenvalue weighted by molar-refractivity contribution is 0.563. The topological polar surface area (TPSA) is 30.2 Å². The number of rotatable bonds is 0. The predicted molar refractivity (Wildman–Crippen MR) is 86.7 cm³/mol. The number of nitrogens with zero attached hydrogens (tertiary/aromatic N) is 3. The molecule has 0 fully saturated rings. The van der Waals surface area contributed by atoms with Crippen LogP contribution in [0.3, 0.4) is 0 Å². The van der Waals surface area contributed by atoms with E-state index in [0.717, 1.165) is 27.8 Å². The van der Waals surface area contributed by atoms with Gasteiger partial charge in [-0.1, -0.05) is 57.2 Å². The fraction of sp³-hybridized carbons (Fsp3) is 0.222. The van der Waals surface area contributed by atoms with E-state index in [1.54, 1.807) is 0 Å². The minimum atomic E-state index is -0.0147. The van der Waals surface area contributed by atoms with E-state index in [2.05, 4.69) is 51.1 Å². The van der Waals surface area contributed by atoms with Crippen molar-refractivity contribution in [3.8, 4) is 0 Å². The smallest absolute Gasteiger partial charge is 0.162 e. The summed E-state index contributed by atoms with van der Waals surface area (Å²) in [6.07, 6.45) is 0. The molecule has 0 N–H and O–H groups in total. The Hall–Kier alpha value is -2.42. The van der Waals surface area contributed by atoms with Gasteiger partial charge < -0.3 is 0 Å². The van der Waals surface area contributed by atoms with Crippen molar-refractivity contribution in [3.05, 3.63) is 54.2 Å². The number of fused-ring (bicyclic) bond motifs is 5. The normalized spacial score (nSPS) is 12.5. The number of aromatic nitrogens is 3. The molecule has 104 valence electrons. The summed E-state index contributed by atoms with van der Waals surface area (Å²) in [4.78, 5) is 4.77. The van der Waals surface area contributed by atoms with Crippen molar-refractivity contribution in [2.24, 2.45) is 0 Å². The zero-order valence-electron chi connectivity index (χ0n) is 12.5. The van der Waals surface area contributed by atoms with Gasteiger partial charge in [-0.15, -0.1) is 0 Å². The van der Waals surface area contributed by atoms with Gasteiger partial charge in [-0.3, -0.25) is 0 Å². The highest BCUT2D eigenvalue weighted by Crippen LogP contribution is 2.31. The molecule has 0 atom stereocenters. The molecular weight excluding hydrogens is 258 g/mol. The Labute approximate surface area is 123 Å². The van der Waals surface area contributed by atoms with Gasteiger partial charge in [0.05, 0.1) is 16.7 Å². The zero-order chi connectivity index (χ0) is 14.6. The average molecular weight is 275 g/mol. The maximum Gasteiger partial charge on any atom is 0.162 e. The monoisotopic (exact) mass is 275 g/mol. The van der Waals surface area contributed by atoms with E-state index in [0.29, 0.717) is 0 Å². The summed E-state index contributed by atoms with van der Waals surface area (Å²) >= 11 is 0. The minimum Gasteiger partial charge on any atom is -0.226 e. The highest BCUT2D eigenvalue weighted by atomic mass is 15.3. The van der Waals surface area contributed by atoms with Crippen LogP contribution >= 0.6 is 0 Å². The Morgan fingerprint density at radius 3 is 2.29 bits per heavy atom. The molecule has 0 amide bonds. The molecule has 2 aromatic carbocycles. The van der Waals surface area contributed by atoms with Crippen LogP contribution in [-0.4, -0.2) is 14.6 Å². The van der Waals surface area contributed by atoms with Crippen LogP contribution in [0.1, 0.15) is 26.5 Å². The second-order valence-corrected chi connectivity index (χ2v) is 6.48. The Balaban J connectivity index is 2.30. The highest BCUT2D eigenvalue weighted by Gasteiger charge is 2.21. The molecule has 3 nitrogen and oxygen atoms in total. The van der Waals surface area contributed by atoms with Gasteiger partial charge in [0, 0.05) is 16.2 Å². The molecule has 0 bridgehead atoms. The van der Waals surface area contributed by atoms with E-state index in [4.69, 9.17) is 10.1 Å². The van der Waals surface area contributed by atoms with Crippen LogP contribution in [0.4, 0.5) is 0 Å². The number of hydrogen-bond donors (Lipinski definition) is 0. The number of imidazole rings is 1. The Bertz CT molecular complexity index is 974. The molecule has 0 aliphatic carbocycles. The van der Waals surface area contributed by atoms with E-state index in [1.165, 1.54) is 5.39 Å². The summed E-state index contributed by atoms with van der Waals surface area (Å²) < 4.78 is 1.98. The van der Waals surface area contributed by atoms with Gasteiger partial charge >= 0.3 is 0 Å². The summed E-state index contributed by atoms with van der Waals surface area (Å²) in [5.74, 6) is 0. The SMILES string of the molecule is CC(C)(C)c1nn2c3ccccc3nc2c2ccccc12. The highest BCUT2D eigenvalue weighted by molar-refractivity contribution is 5.99. The molecule has 0 unspecified atom stereocenters. The minimum absolute atomic E-state index is 0.0147. The molecule has 2 aromatic heterocycles. The van der Waals surface area contributed by atoms with Gasteiger partial charge in [0.1, 0.15) is 0 Å². The van der Waals surface area contributed by atoms with Crippen LogP contribution in [0.15, 0.2) is 48.5 Å². The summed E-state index contributed by atoms with van der Waals surface area (Å²) in [6, 6.07) is 16.6. The molecule has 21 heavy (non-hydrogen) atoms. The van der Waals surface area contributed by atoms with Crippen LogP contribution in [0.25, 0.3) is 27.5 Å². The van der Waals surface area contributed by atoms with Gasteiger partial charge in [0.25, 0.3) is 0 Å². The van der Waals surface area contributed by atoms with Crippen molar-refractivity contribution in [2.75, 3.05) is 0 Å². The maximum atomic E-state index is 4.92. The third-order valence-corrected chi connectivity index (χ3v) is 3.87. The zero-order valence-corrected chi connectivity index (χ0v) is 12.5. The molecule has 0 spiro atoms. The molecule has 4 rings (SSSR count). The fourth-order valence-electron chi connectivity index (χ4n) is 2.88. The maximum absolute atomic E-state index is 4.92. The van der Waals surface area contributed by atoms with E-state index in [9.17, 15) is 0 Å². The Morgan fingerprint density at radius 1 is 0.857 bits per heavy atom. The first-order valence-corrected chi connectivity index (χ1v) is 7.22. The van der Waals surface area contributed by atoms with E-state index in [1.807, 2.05) is 22.7 Å². The number of benzene rings is 2. The van der Waals surface area contributed by atoms with Crippen molar-refractivity contribution in [2.45, 2.75) is 26.2 Å². The molecule has 0 aliphatic rings. The van der Waals surface area contributed by atoms with Crippen molar-refractivity contribution >= 4 is 27.5 Å². The van der Waals surface area contributed by atoms with E-state index >= 15 is 0 Å². The summed E-state index contributed by atoms with van der Waals surface area (Å²) in [7, 11) is 0. The largest absolute Gasteiger partial charge is 0.226 e. The molecule has 0 saturated carbocycles. The molecule has 4 aromatic rings. The predicted octanol–water partition coefficient (Wildman–Crippen LogP) is 4.33. The molecule has 0 radical (unpaired) electrons. The lowest BCUT2D eigenvalue weighted by Crippen LogP contribution is -2.16. The summed E-state index contributed by atoms with van der Waals surface area (Å²) in [5, 5.41) is 7.27. The summed E-state index contributed by atoms with van der Waals surface area (Å²) in [6.45, 7) is 6.60. The third-order valence-electron chi connectivity index (χ3n) is 3.87. The van der Waals surface area contributed by atoms with Gasteiger partial charge in [0.2, 0.25) is 0 Å². The van der Waals surface area contributed by atoms with E-state index in [-0.39, 0.29) is 5.41 Å². The summed E-state index contributed by atoms with van der Waals surface area (Å²) in [5.41, 5.74) is 4.07. The first-order valence-electron chi connectivity index (χ1n) is 7.22. The van der Waals surface area contributed by atoms with Crippen molar-refractivity contribution in [1.29, 1.82) is 0 Å². The van der Waals surface area contributed by atoms with Gasteiger partial charge in [-0.2, -0.15) is 5.10 Å². The molecule has 0 aliphatic heterocycles. The molecule has 2 heterocycles. The van der Waals surface area contributed by atoms with Crippen molar-refractivity contribution in [1.82, 2.24) is 14.6 Å². The first-order chi connectivity index (χ1) is 10.1. The van der Waals surface area contributed by atoms with Crippen LogP contribution in [0.5, 0.6) is 0 Å². The lowest BCUT2D eigenvalue weighted by Gasteiger charge is -2.20. The molecule has 0 saturated heterocycles.